The molecule has 1 atom stereocenters. The highest BCUT2D eigenvalue weighted by molar-refractivity contribution is 6.32. The zero-order chi connectivity index (χ0) is 12.7. The van der Waals surface area contributed by atoms with Gasteiger partial charge in [0.2, 0.25) is 0 Å². The van der Waals surface area contributed by atoms with Crippen LogP contribution in [-0.4, -0.2) is 25.9 Å². The van der Waals surface area contributed by atoms with Crippen molar-refractivity contribution in [1.82, 2.24) is 0 Å². The summed E-state index contributed by atoms with van der Waals surface area (Å²) in [4.78, 5) is 0. The SMILES string of the molecule is CCOCCOc1c(Cl)cccc1CC(C)N. The van der Waals surface area contributed by atoms with Crippen LogP contribution in [0.25, 0.3) is 0 Å². The largest absolute Gasteiger partial charge is 0.489 e. The van der Waals surface area contributed by atoms with Gasteiger partial charge in [-0.05, 0) is 31.9 Å². The molecule has 0 fully saturated rings. The second-order valence-corrected chi connectivity index (χ2v) is 4.36. The van der Waals surface area contributed by atoms with Gasteiger partial charge in [-0.2, -0.15) is 0 Å². The summed E-state index contributed by atoms with van der Waals surface area (Å²) >= 11 is 6.12. The highest BCUT2D eigenvalue weighted by Gasteiger charge is 2.09. The smallest absolute Gasteiger partial charge is 0.141 e. The second kappa shape index (κ2) is 7.54. The van der Waals surface area contributed by atoms with Gasteiger partial charge in [-0.25, -0.2) is 0 Å². The molecule has 0 aromatic heterocycles. The average Bonchev–Trinajstić information content (AvgIpc) is 2.26. The molecule has 1 aromatic carbocycles. The number of nitrogens with two attached hydrogens (primary N) is 1. The summed E-state index contributed by atoms with van der Waals surface area (Å²) in [5.74, 6) is 0.728. The summed E-state index contributed by atoms with van der Waals surface area (Å²) in [7, 11) is 0. The summed E-state index contributed by atoms with van der Waals surface area (Å²) in [6.07, 6.45) is 0.754. The third kappa shape index (κ3) is 4.94. The van der Waals surface area contributed by atoms with Crippen molar-refractivity contribution in [3.8, 4) is 5.75 Å². The maximum Gasteiger partial charge on any atom is 0.141 e. The van der Waals surface area contributed by atoms with Crippen molar-refractivity contribution in [2.75, 3.05) is 19.8 Å². The second-order valence-electron chi connectivity index (χ2n) is 3.95. The summed E-state index contributed by atoms with van der Waals surface area (Å²) in [6.45, 7) is 5.68. The molecule has 1 aromatic rings. The minimum absolute atomic E-state index is 0.0858. The number of hydrogen-bond donors (Lipinski definition) is 1. The Labute approximate surface area is 108 Å². The first-order valence-corrected chi connectivity index (χ1v) is 6.26. The summed E-state index contributed by atoms with van der Waals surface area (Å²) < 4.78 is 10.9. The summed E-state index contributed by atoms with van der Waals surface area (Å²) in [5.41, 5.74) is 6.84. The Hall–Kier alpha value is -0.770. The zero-order valence-corrected chi connectivity index (χ0v) is 11.2. The first-order chi connectivity index (χ1) is 8.15. The number of ether oxygens (including phenoxy) is 2. The van der Waals surface area contributed by atoms with Gasteiger partial charge in [-0.3, -0.25) is 0 Å². The molecule has 2 N–H and O–H groups in total. The lowest BCUT2D eigenvalue weighted by molar-refractivity contribution is 0.110. The first kappa shape index (κ1) is 14.3. The van der Waals surface area contributed by atoms with E-state index in [0.717, 1.165) is 17.7 Å². The molecule has 0 aliphatic rings. The van der Waals surface area contributed by atoms with Crippen LogP contribution in [0.1, 0.15) is 19.4 Å². The van der Waals surface area contributed by atoms with Crippen molar-refractivity contribution < 1.29 is 9.47 Å². The van der Waals surface area contributed by atoms with E-state index in [1.807, 2.05) is 32.0 Å². The van der Waals surface area contributed by atoms with E-state index in [2.05, 4.69) is 0 Å². The Balaban J connectivity index is 2.66. The van der Waals surface area contributed by atoms with Crippen molar-refractivity contribution in [2.24, 2.45) is 5.73 Å². The fourth-order valence-electron chi connectivity index (χ4n) is 1.57. The quantitative estimate of drug-likeness (QED) is 0.764. The van der Waals surface area contributed by atoms with Gasteiger partial charge in [0.25, 0.3) is 0 Å². The van der Waals surface area contributed by atoms with Crippen LogP contribution in [0.15, 0.2) is 18.2 Å². The molecule has 0 spiro atoms. The van der Waals surface area contributed by atoms with Crippen LogP contribution in [0, 0.1) is 0 Å². The van der Waals surface area contributed by atoms with Gasteiger partial charge in [0.1, 0.15) is 12.4 Å². The molecule has 3 nitrogen and oxygen atoms in total. The van der Waals surface area contributed by atoms with Crippen molar-refractivity contribution in [3.63, 3.8) is 0 Å². The fourth-order valence-corrected chi connectivity index (χ4v) is 1.82. The first-order valence-electron chi connectivity index (χ1n) is 5.88. The molecule has 0 heterocycles. The minimum Gasteiger partial charge on any atom is -0.489 e. The number of para-hydroxylation sites is 1. The maximum atomic E-state index is 6.12. The van der Waals surface area contributed by atoms with Crippen LogP contribution in [0.2, 0.25) is 5.02 Å². The van der Waals surface area contributed by atoms with Crippen molar-refractivity contribution in [2.45, 2.75) is 26.3 Å². The number of benzene rings is 1. The lowest BCUT2D eigenvalue weighted by Crippen LogP contribution is -2.18. The van der Waals surface area contributed by atoms with E-state index in [0.29, 0.717) is 24.8 Å². The van der Waals surface area contributed by atoms with Crippen LogP contribution < -0.4 is 10.5 Å². The summed E-state index contributed by atoms with van der Waals surface area (Å²) in [6, 6.07) is 5.81. The van der Waals surface area contributed by atoms with E-state index in [-0.39, 0.29) is 6.04 Å². The molecule has 0 saturated heterocycles. The van der Waals surface area contributed by atoms with Gasteiger partial charge < -0.3 is 15.2 Å². The Bertz CT molecular complexity index is 342. The van der Waals surface area contributed by atoms with Crippen molar-refractivity contribution in [3.05, 3.63) is 28.8 Å². The van der Waals surface area contributed by atoms with Gasteiger partial charge in [-0.15, -0.1) is 0 Å². The number of rotatable bonds is 7. The highest BCUT2D eigenvalue weighted by atomic mass is 35.5. The molecule has 0 amide bonds. The Morgan fingerprint density at radius 2 is 2.12 bits per heavy atom. The normalized spacial score (nSPS) is 12.5. The monoisotopic (exact) mass is 257 g/mol. The Morgan fingerprint density at radius 3 is 2.76 bits per heavy atom. The molecule has 0 aliphatic carbocycles. The number of halogens is 1. The van der Waals surface area contributed by atoms with Gasteiger partial charge in [0, 0.05) is 12.6 Å². The van der Waals surface area contributed by atoms with Gasteiger partial charge >= 0.3 is 0 Å². The van der Waals surface area contributed by atoms with E-state index >= 15 is 0 Å². The van der Waals surface area contributed by atoms with Gasteiger partial charge in [0.05, 0.1) is 11.6 Å². The Morgan fingerprint density at radius 1 is 1.35 bits per heavy atom. The van der Waals surface area contributed by atoms with E-state index in [1.165, 1.54) is 0 Å². The zero-order valence-electron chi connectivity index (χ0n) is 10.4. The lowest BCUT2D eigenvalue weighted by Gasteiger charge is -2.14. The lowest BCUT2D eigenvalue weighted by atomic mass is 10.1. The molecule has 17 heavy (non-hydrogen) atoms. The average molecular weight is 258 g/mol. The third-order valence-corrected chi connectivity index (χ3v) is 2.57. The van der Waals surface area contributed by atoms with Crippen LogP contribution in [-0.2, 0) is 11.2 Å². The van der Waals surface area contributed by atoms with E-state index < -0.39 is 0 Å². The Kier molecular flexibility index (Phi) is 6.34. The fraction of sp³-hybridized carbons (Fsp3) is 0.538. The molecular formula is C13H20ClNO2. The highest BCUT2D eigenvalue weighted by Crippen LogP contribution is 2.29. The molecule has 1 rings (SSSR count). The van der Waals surface area contributed by atoms with E-state index in [1.54, 1.807) is 0 Å². The van der Waals surface area contributed by atoms with E-state index in [9.17, 15) is 0 Å². The topological polar surface area (TPSA) is 44.5 Å². The van der Waals surface area contributed by atoms with Crippen LogP contribution in [0.4, 0.5) is 0 Å². The minimum atomic E-state index is 0.0858. The molecule has 1 unspecified atom stereocenters. The molecule has 4 heteroatoms. The van der Waals surface area contributed by atoms with E-state index in [4.69, 9.17) is 26.8 Å². The standard InChI is InChI=1S/C13H20ClNO2/c1-3-16-7-8-17-13-11(9-10(2)15)5-4-6-12(13)14/h4-6,10H,3,7-9,15H2,1-2H3. The maximum absolute atomic E-state index is 6.12. The predicted molar refractivity (Wildman–Crippen MR) is 70.8 cm³/mol. The van der Waals surface area contributed by atoms with Crippen molar-refractivity contribution in [1.29, 1.82) is 0 Å². The predicted octanol–water partition coefficient (Wildman–Crippen LogP) is 2.64. The van der Waals surface area contributed by atoms with Gasteiger partial charge in [0.15, 0.2) is 0 Å². The molecule has 0 aliphatic heterocycles. The van der Waals surface area contributed by atoms with Crippen LogP contribution in [0.3, 0.4) is 0 Å². The van der Waals surface area contributed by atoms with Crippen LogP contribution >= 0.6 is 11.6 Å². The van der Waals surface area contributed by atoms with Crippen LogP contribution in [0.5, 0.6) is 5.75 Å². The summed E-state index contributed by atoms with van der Waals surface area (Å²) in [5, 5.41) is 0.625. The molecular weight excluding hydrogens is 238 g/mol. The third-order valence-electron chi connectivity index (χ3n) is 2.27. The molecule has 0 saturated carbocycles. The molecule has 96 valence electrons. The number of hydrogen-bond acceptors (Lipinski definition) is 3. The molecule has 0 bridgehead atoms. The molecule has 0 radical (unpaired) electrons. The van der Waals surface area contributed by atoms with Gasteiger partial charge in [-0.1, -0.05) is 23.7 Å². The van der Waals surface area contributed by atoms with Crippen molar-refractivity contribution >= 4 is 11.6 Å².